The van der Waals surface area contributed by atoms with E-state index in [1.807, 2.05) is 0 Å². The molecule has 3 unspecified atom stereocenters. The first kappa shape index (κ1) is 9.31. The number of hydrogen-bond acceptors (Lipinski definition) is 3. The molecular formula is C11H12O3. The lowest BCUT2D eigenvalue weighted by Gasteiger charge is -2.28. The highest BCUT2D eigenvalue weighted by Crippen LogP contribution is 2.40. The van der Waals surface area contributed by atoms with Crippen molar-refractivity contribution in [2.45, 2.75) is 19.3 Å². The van der Waals surface area contributed by atoms with Crippen molar-refractivity contribution >= 4 is 17.3 Å². The van der Waals surface area contributed by atoms with E-state index >= 15 is 0 Å². The van der Waals surface area contributed by atoms with Crippen molar-refractivity contribution in [3.8, 4) is 0 Å². The van der Waals surface area contributed by atoms with Crippen molar-refractivity contribution in [3.63, 3.8) is 0 Å². The molecule has 0 amide bonds. The van der Waals surface area contributed by atoms with Crippen LogP contribution in [0.2, 0.25) is 0 Å². The number of allylic oxidation sites excluding steroid dienone is 1. The molecule has 0 aromatic carbocycles. The second-order valence-electron chi connectivity index (χ2n) is 4.02. The maximum atomic E-state index is 11.5. The number of rotatable bonds is 1. The first-order chi connectivity index (χ1) is 6.66. The fraction of sp³-hybridized carbons (Fsp3) is 0.545. The van der Waals surface area contributed by atoms with Crippen LogP contribution in [-0.2, 0) is 14.4 Å². The molecular weight excluding hydrogens is 180 g/mol. The number of Topliss-reactive ketones (excluding diaryl/α,β-unsaturated/α-hetero) is 3. The minimum absolute atomic E-state index is 0.0247. The summed E-state index contributed by atoms with van der Waals surface area (Å²) in [7, 11) is 0. The third-order valence-electron chi connectivity index (χ3n) is 3.34. The Hall–Kier alpha value is -1.25. The summed E-state index contributed by atoms with van der Waals surface area (Å²) in [5.41, 5.74) is 0. The van der Waals surface area contributed by atoms with Crippen LogP contribution in [0.25, 0.3) is 0 Å². The Kier molecular flexibility index (Phi) is 2.10. The third-order valence-corrected chi connectivity index (χ3v) is 3.34. The van der Waals surface area contributed by atoms with Gasteiger partial charge in [0.05, 0.1) is 0 Å². The minimum atomic E-state index is -0.784. The monoisotopic (exact) mass is 192 g/mol. The normalized spacial score (nSPS) is 37.1. The molecule has 3 heteroatoms. The Morgan fingerprint density at radius 1 is 1.14 bits per heavy atom. The highest BCUT2D eigenvalue weighted by molar-refractivity contribution is 6.68. The van der Waals surface area contributed by atoms with E-state index in [1.165, 1.54) is 0 Å². The molecule has 2 saturated carbocycles. The van der Waals surface area contributed by atoms with E-state index in [0.717, 1.165) is 12.8 Å². The van der Waals surface area contributed by atoms with Crippen molar-refractivity contribution in [1.29, 1.82) is 0 Å². The molecule has 0 aliphatic heterocycles. The van der Waals surface area contributed by atoms with Crippen molar-refractivity contribution in [1.82, 2.24) is 0 Å². The van der Waals surface area contributed by atoms with E-state index in [2.05, 4.69) is 6.58 Å². The average molecular weight is 192 g/mol. The van der Waals surface area contributed by atoms with Gasteiger partial charge in [0.2, 0.25) is 11.6 Å². The van der Waals surface area contributed by atoms with Gasteiger partial charge in [-0.25, -0.2) is 0 Å². The molecule has 14 heavy (non-hydrogen) atoms. The molecule has 0 bridgehead atoms. The molecule has 0 radical (unpaired) electrons. The molecule has 0 aromatic rings. The highest BCUT2D eigenvalue weighted by atomic mass is 16.2. The fourth-order valence-electron chi connectivity index (χ4n) is 2.61. The van der Waals surface area contributed by atoms with Crippen LogP contribution >= 0.6 is 0 Å². The molecule has 0 N–H and O–H groups in total. The second-order valence-corrected chi connectivity index (χ2v) is 4.02. The van der Waals surface area contributed by atoms with E-state index in [0.29, 0.717) is 6.42 Å². The van der Waals surface area contributed by atoms with Crippen molar-refractivity contribution < 1.29 is 14.4 Å². The van der Waals surface area contributed by atoms with Gasteiger partial charge in [-0.05, 0) is 18.8 Å². The zero-order valence-electron chi connectivity index (χ0n) is 7.86. The molecule has 3 atom stereocenters. The molecule has 2 aliphatic rings. The number of hydrogen-bond donors (Lipinski definition) is 0. The number of carbonyl (C=O) groups is 3. The Morgan fingerprint density at radius 3 is 2.50 bits per heavy atom. The number of ketones is 3. The van der Waals surface area contributed by atoms with Crippen molar-refractivity contribution in [2.75, 3.05) is 0 Å². The topological polar surface area (TPSA) is 51.2 Å². The lowest BCUT2D eigenvalue weighted by Crippen LogP contribution is -2.29. The quantitative estimate of drug-likeness (QED) is 0.458. The molecule has 2 aliphatic carbocycles. The lowest BCUT2D eigenvalue weighted by molar-refractivity contribution is -0.141. The molecule has 74 valence electrons. The summed E-state index contributed by atoms with van der Waals surface area (Å²) in [5, 5.41) is 0. The average Bonchev–Trinajstić information content (AvgIpc) is 2.44. The lowest BCUT2D eigenvalue weighted by atomic mass is 9.73. The van der Waals surface area contributed by atoms with Gasteiger partial charge in [0.1, 0.15) is 0 Å². The second kappa shape index (κ2) is 3.15. The highest BCUT2D eigenvalue weighted by Gasteiger charge is 2.52. The van der Waals surface area contributed by atoms with E-state index in [9.17, 15) is 14.4 Å². The maximum Gasteiger partial charge on any atom is 0.264 e. The van der Waals surface area contributed by atoms with Gasteiger partial charge in [-0.15, -0.1) is 6.58 Å². The van der Waals surface area contributed by atoms with Crippen LogP contribution < -0.4 is 0 Å². The van der Waals surface area contributed by atoms with Crippen molar-refractivity contribution in [2.24, 2.45) is 17.8 Å². The van der Waals surface area contributed by atoms with Gasteiger partial charge in [0.15, 0.2) is 0 Å². The standard InChI is InChI=1S/C11H12O3/c1-2-6-4-3-5-7-8(6)10(13)11(14)9(7)12/h2,6-8H,1,3-5H2. The van der Waals surface area contributed by atoms with E-state index in [-0.39, 0.29) is 17.8 Å². The summed E-state index contributed by atoms with van der Waals surface area (Å²) in [6, 6.07) is 0. The molecule has 2 rings (SSSR count). The van der Waals surface area contributed by atoms with Gasteiger partial charge < -0.3 is 0 Å². The third kappa shape index (κ3) is 1.08. The molecule has 2 fully saturated rings. The minimum Gasteiger partial charge on any atom is -0.290 e. The maximum absolute atomic E-state index is 11.5. The van der Waals surface area contributed by atoms with Crippen LogP contribution in [0.4, 0.5) is 0 Å². The van der Waals surface area contributed by atoms with Gasteiger partial charge in [0, 0.05) is 11.8 Å². The largest absolute Gasteiger partial charge is 0.290 e. The molecule has 0 saturated heterocycles. The molecule has 0 spiro atoms. The smallest absolute Gasteiger partial charge is 0.264 e. The molecule has 0 heterocycles. The summed E-state index contributed by atoms with van der Waals surface area (Å²) in [6.07, 6.45) is 4.17. The van der Waals surface area contributed by atoms with Crippen LogP contribution in [0.3, 0.4) is 0 Å². The zero-order chi connectivity index (χ0) is 10.3. The predicted molar refractivity (Wildman–Crippen MR) is 49.5 cm³/mol. The van der Waals surface area contributed by atoms with Crippen LogP contribution in [0.1, 0.15) is 19.3 Å². The molecule has 0 aromatic heterocycles. The summed E-state index contributed by atoms with van der Waals surface area (Å²) >= 11 is 0. The van der Waals surface area contributed by atoms with Crippen LogP contribution in [-0.4, -0.2) is 17.3 Å². The summed E-state index contributed by atoms with van der Waals surface area (Å²) in [6.45, 7) is 3.65. The Morgan fingerprint density at radius 2 is 1.86 bits per heavy atom. The van der Waals surface area contributed by atoms with Gasteiger partial charge in [-0.2, -0.15) is 0 Å². The Balaban J connectivity index is 2.36. The zero-order valence-corrected chi connectivity index (χ0v) is 7.86. The first-order valence-electron chi connectivity index (χ1n) is 4.91. The number of fused-ring (bicyclic) bond motifs is 1. The summed E-state index contributed by atoms with van der Waals surface area (Å²) < 4.78 is 0. The van der Waals surface area contributed by atoms with Gasteiger partial charge >= 0.3 is 0 Å². The Labute approximate surface area is 82.2 Å². The fourth-order valence-corrected chi connectivity index (χ4v) is 2.61. The summed E-state index contributed by atoms with van der Waals surface area (Å²) in [5.74, 6) is -2.44. The van der Waals surface area contributed by atoms with Gasteiger partial charge in [0.25, 0.3) is 5.78 Å². The van der Waals surface area contributed by atoms with Crippen LogP contribution in [0, 0.1) is 17.8 Å². The Bertz CT molecular complexity index is 329. The molecule has 3 nitrogen and oxygen atoms in total. The SMILES string of the molecule is C=CC1CCCC2C(=O)C(=O)C(=O)C12. The van der Waals surface area contributed by atoms with Crippen LogP contribution in [0.5, 0.6) is 0 Å². The van der Waals surface area contributed by atoms with Crippen molar-refractivity contribution in [3.05, 3.63) is 12.7 Å². The van der Waals surface area contributed by atoms with Gasteiger partial charge in [-0.1, -0.05) is 12.5 Å². The predicted octanol–water partition coefficient (Wildman–Crippen LogP) is 0.926. The van der Waals surface area contributed by atoms with E-state index < -0.39 is 17.3 Å². The van der Waals surface area contributed by atoms with E-state index in [1.54, 1.807) is 6.08 Å². The first-order valence-corrected chi connectivity index (χ1v) is 4.91. The van der Waals surface area contributed by atoms with Crippen LogP contribution in [0.15, 0.2) is 12.7 Å². The van der Waals surface area contributed by atoms with E-state index in [4.69, 9.17) is 0 Å². The summed E-state index contributed by atoms with van der Waals surface area (Å²) in [4.78, 5) is 34.1. The number of carbonyl (C=O) groups excluding carboxylic acids is 3. The van der Waals surface area contributed by atoms with Gasteiger partial charge in [-0.3, -0.25) is 14.4 Å².